The first-order valence-corrected chi connectivity index (χ1v) is 6.50. The van der Waals surface area contributed by atoms with Crippen molar-refractivity contribution in [3.63, 3.8) is 0 Å². The Morgan fingerprint density at radius 2 is 2.16 bits per heavy atom. The Morgan fingerprint density at radius 1 is 1.47 bits per heavy atom. The molecule has 0 radical (unpaired) electrons. The highest BCUT2D eigenvalue weighted by atomic mass is 19.1. The van der Waals surface area contributed by atoms with Gasteiger partial charge in [-0.1, -0.05) is 0 Å². The Kier molecular flexibility index (Phi) is 4.50. The zero-order valence-electron chi connectivity index (χ0n) is 11.4. The monoisotopic (exact) mass is 265 g/mol. The minimum atomic E-state index is -0.292. The highest BCUT2D eigenvalue weighted by molar-refractivity contribution is 5.93. The molecule has 1 fully saturated rings. The summed E-state index contributed by atoms with van der Waals surface area (Å²) >= 11 is 0. The van der Waals surface area contributed by atoms with Crippen molar-refractivity contribution in [3.8, 4) is 0 Å². The third-order valence-electron chi connectivity index (χ3n) is 3.47. The number of hydrogen-bond acceptors (Lipinski definition) is 3. The molecule has 19 heavy (non-hydrogen) atoms. The number of piperazine rings is 1. The predicted octanol–water partition coefficient (Wildman–Crippen LogP) is 1.08. The highest BCUT2D eigenvalue weighted by Gasteiger charge is 2.21. The van der Waals surface area contributed by atoms with Crippen LogP contribution in [-0.2, 0) is 4.79 Å². The van der Waals surface area contributed by atoms with E-state index in [9.17, 15) is 9.18 Å². The summed E-state index contributed by atoms with van der Waals surface area (Å²) in [6.07, 6.45) is 0.457. The van der Waals surface area contributed by atoms with E-state index >= 15 is 0 Å². The Morgan fingerprint density at radius 3 is 2.79 bits per heavy atom. The van der Waals surface area contributed by atoms with E-state index in [1.54, 1.807) is 24.1 Å². The van der Waals surface area contributed by atoms with Crippen molar-refractivity contribution >= 4 is 11.6 Å². The summed E-state index contributed by atoms with van der Waals surface area (Å²) in [4.78, 5) is 16.0. The number of carbonyl (C=O) groups is 1. The van der Waals surface area contributed by atoms with Gasteiger partial charge in [0.15, 0.2) is 0 Å². The quantitative estimate of drug-likeness (QED) is 0.888. The van der Waals surface area contributed by atoms with Gasteiger partial charge in [-0.3, -0.25) is 4.79 Å². The van der Waals surface area contributed by atoms with E-state index in [4.69, 9.17) is 0 Å². The first-order valence-electron chi connectivity index (χ1n) is 6.50. The number of halogens is 1. The van der Waals surface area contributed by atoms with Gasteiger partial charge in [0.05, 0.1) is 0 Å². The van der Waals surface area contributed by atoms with Crippen molar-refractivity contribution in [3.05, 3.63) is 30.1 Å². The first kappa shape index (κ1) is 14.0. The van der Waals surface area contributed by atoms with Crippen molar-refractivity contribution in [2.24, 2.45) is 0 Å². The van der Waals surface area contributed by atoms with E-state index in [0.29, 0.717) is 6.42 Å². The van der Waals surface area contributed by atoms with Crippen LogP contribution >= 0.6 is 0 Å². The van der Waals surface area contributed by atoms with Crippen LogP contribution in [0.15, 0.2) is 24.3 Å². The number of carbonyl (C=O) groups excluding carboxylic acids is 1. The number of nitrogens with zero attached hydrogens (tertiary/aromatic N) is 2. The Bertz CT molecular complexity index is 435. The molecule has 0 aliphatic carbocycles. The second-order valence-corrected chi connectivity index (χ2v) is 5.05. The maximum atomic E-state index is 12.8. The summed E-state index contributed by atoms with van der Waals surface area (Å²) in [5, 5.41) is 3.35. The molecule has 0 saturated carbocycles. The van der Waals surface area contributed by atoms with E-state index in [0.717, 1.165) is 25.3 Å². The number of hydrogen-bond donors (Lipinski definition) is 1. The lowest BCUT2D eigenvalue weighted by Crippen LogP contribution is -2.50. The summed E-state index contributed by atoms with van der Waals surface area (Å²) in [6.45, 7) is 2.80. The molecule has 0 aromatic heterocycles. The Balaban J connectivity index is 1.93. The van der Waals surface area contributed by atoms with E-state index in [1.807, 2.05) is 0 Å². The van der Waals surface area contributed by atoms with Crippen LogP contribution in [-0.4, -0.2) is 50.6 Å². The number of likely N-dealkylation sites (N-methyl/N-ethyl adjacent to an activating group) is 1. The van der Waals surface area contributed by atoms with Crippen LogP contribution < -0.4 is 10.2 Å². The number of nitrogens with one attached hydrogen (secondary N) is 1. The predicted molar refractivity (Wildman–Crippen MR) is 73.7 cm³/mol. The molecule has 2 rings (SSSR count). The van der Waals surface area contributed by atoms with Crippen molar-refractivity contribution < 1.29 is 9.18 Å². The minimum Gasteiger partial charge on any atom is -0.315 e. The summed E-state index contributed by atoms with van der Waals surface area (Å²) in [6, 6.07) is 6.16. The topological polar surface area (TPSA) is 35.6 Å². The molecule has 104 valence electrons. The zero-order valence-corrected chi connectivity index (χ0v) is 11.4. The van der Waals surface area contributed by atoms with E-state index in [2.05, 4.69) is 17.3 Å². The van der Waals surface area contributed by atoms with Crippen molar-refractivity contribution in [1.82, 2.24) is 10.2 Å². The van der Waals surface area contributed by atoms with Crippen LogP contribution in [0.5, 0.6) is 0 Å². The molecule has 1 aliphatic rings. The van der Waals surface area contributed by atoms with Gasteiger partial charge >= 0.3 is 0 Å². The molecule has 1 N–H and O–H groups in total. The van der Waals surface area contributed by atoms with Crippen molar-refractivity contribution in [1.29, 1.82) is 0 Å². The van der Waals surface area contributed by atoms with Gasteiger partial charge in [-0.15, -0.1) is 0 Å². The van der Waals surface area contributed by atoms with Crippen LogP contribution in [0.4, 0.5) is 10.1 Å². The molecule has 1 saturated heterocycles. The van der Waals surface area contributed by atoms with Crippen LogP contribution in [0.3, 0.4) is 0 Å². The fourth-order valence-electron chi connectivity index (χ4n) is 2.28. The second-order valence-electron chi connectivity index (χ2n) is 5.05. The maximum absolute atomic E-state index is 12.8. The summed E-state index contributed by atoms with van der Waals surface area (Å²) < 4.78 is 12.8. The van der Waals surface area contributed by atoms with Gasteiger partial charge in [0.1, 0.15) is 5.82 Å². The van der Waals surface area contributed by atoms with Gasteiger partial charge in [0.25, 0.3) is 0 Å². The fraction of sp³-hybridized carbons (Fsp3) is 0.500. The Hall–Kier alpha value is -1.46. The highest BCUT2D eigenvalue weighted by Crippen LogP contribution is 2.15. The van der Waals surface area contributed by atoms with E-state index in [1.165, 1.54) is 12.1 Å². The van der Waals surface area contributed by atoms with Gasteiger partial charge < -0.3 is 15.1 Å². The maximum Gasteiger partial charge on any atom is 0.228 e. The average Bonchev–Trinajstić information content (AvgIpc) is 2.39. The molecule has 0 spiro atoms. The standard InChI is InChI=1S/C14H20FN3O/c1-17-8-7-16-12(10-17)9-14(19)18(2)13-5-3-11(15)4-6-13/h3-6,12,16H,7-10H2,1-2H3. The lowest BCUT2D eigenvalue weighted by atomic mass is 10.1. The third kappa shape index (κ3) is 3.75. The van der Waals surface area contributed by atoms with Gasteiger partial charge in [-0.05, 0) is 31.3 Å². The number of amides is 1. The average molecular weight is 265 g/mol. The van der Waals surface area contributed by atoms with Gasteiger partial charge in [0.2, 0.25) is 5.91 Å². The van der Waals surface area contributed by atoms with Gasteiger partial charge in [-0.2, -0.15) is 0 Å². The first-order chi connectivity index (χ1) is 9.06. The SMILES string of the molecule is CN1CCNC(CC(=O)N(C)c2ccc(F)cc2)C1. The smallest absolute Gasteiger partial charge is 0.228 e. The summed E-state index contributed by atoms with van der Waals surface area (Å²) in [5.74, 6) is -0.250. The molecule has 4 nitrogen and oxygen atoms in total. The normalized spacial score (nSPS) is 20.3. The number of anilines is 1. The minimum absolute atomic E-state index is 0.0411. The van der Waals surface area contributed by atoms with Crippen LogP contribution in [0.1, 0.15) is 6.42 Å². The molecule has 5 heteroatoms. The number of benzene rings is 1. The molecule has 1 aliphatic heterocycles. The molecule has 0 bridgehead atoms. The van der Waals surface area contributed by atoms with Crippen LogP contribution in [0, 0.1) is 5.82 Å². The Labute approximate surface area is 113 Å². The molecule has 1 unspecified atom stereocenters. The lowest BCUT2D eigenvalue weighted by molar-refractivity contribution is -0.119. The van der Waals surface area contributed by atoms with Crippen molar-refractivity contribution in [2.45, 2.75) is 12.5 Å². The molecule has 1 amide bonds. The molecule has 1 aromatic rings. The van der Waals surface area contributed by atoms with E-state index < -0.39 is 0 Å². The van der Waals surface area contributed by atoms with Crippen LogP contribution in [0.25, 0.3) is 0 Å². The number of rotatable bonds is 3. The largest absolute Gasteiger partial charge is 0.315 e. The third-order valence-corrected chi connectivity index (χ3v) is 3.47. The van der Waals surface area contributed by atoms with Crippen molar-refractivity contribution in [2.75, 3.05) is 38.6 Å². The molecular formula is C14H20FN3O. The molecular weight excluding hydrogens is 245 g/mol. The second kappa shape index (κ2) is 6.12. The summed E-state index contributed by atoms with van der Waals surface area (Å²) in [7, 11) is 3.78. The van der Waals surface area contributed by atoms with E-state index in [-0.39, 0.29) is 17.8 Å². The molecule has 1 aromatic carbocycles. The molecule has 1 atom stereocenters. The fourth-order valence-corrected chi connectivity index (χ4v) is 2.28. The van der Waals surface area contributed by atoms with Crippen LogP contribution in [0.2, 0.25) is 0 Å². The van der Waals surface area contributed by atoms with Gasteiger partial charge in [-0.25, -0.2) is 4.39 Å². The summed E-state index contributed by atoms with van der Waals surface area (Å²) in [5.41, 5.74) is 0.718. The lowest BCUT2D eigenvalue weighted by Gasteiger charge is -2.31. The molecule has 1 heterocycles. The zero-order chi connectivity index (χ0) is 13.8. The van der Waals surface area contributed by atoms with Gasteiger partial charge in [0, 0.05) is 44.8 Å².